The third kappa shape index (κ3) is 1.99. The molecule has 0 bridgehead atoms. The van der Waals surface area contributed by atoms with Gasteiger partial charge in [-0.2, -0.15) is 5.10 Å². The molecule has 2 aromatic rings. The minimum Gasteiger partial charge on any atom is -0.345 e. The van der Waals surface area contributed by atoms with E-state index in [4.69, 9.17) is 0 Å². The summed E-state index contributed by atoms with van der Waals surface area (Å²) in [5.41, 5.74) is 3.44. The molecule has 1 N–H and O–H groups in total. The van der Waals surface area contributed by atoms with Crippen molar-refractivity contribution in [2.45, 2.75) is 20.4 Å². The van der Waals surface area contributed by atoms with Gasteiger partial charge in [0.1, 0.15) is 5.69 Å². The van der Waals surface area contributed by atoms with Crippen LogP contribution in [-0.4, -0.2) is 32.9 Å². The van der Waals surface area contributed by atoms with E-state index in [9.17, 15) is 4.79 Å². The van der Waals surface area contributed by atoms with Gasteiger partial charge in [-0.05, 0) is 26.0 Å². The van der Waals surface area contributed by atoms with Gasteiger partial charge in [-0.15, -0.1) is 0 Å². The molecule has 0 fully saturated rings. The normalized spacial score (nSPS) is 14.3. The quantitative estimate of drug-likeness (QED) is 0.897. The first-order chi connectivity index (χ1) is 9.70. The Labute approximate surface area is 116 Å². The molecule has 0 saturated carbocycles. The second-order valence-corrected chi connectivity index (χ2v) is 4.55. The van der Waals surface area contributed by atoms with Crippen LogP contribution in [-0.2, 0) is 6.54 Å². The lowest BCUT2D eigenvalue weighted by Crippen LogP contribution is -2.30. The highest BCUT2D eigenvalue weighted by Crippen LogP contribution is 2.26. The number of fused-ring (bicyclic) bond motifs is 1. The summed E-state index contributed by atoms with van der Waals surface area (Å²) in [4.78, 5) is 21.1. The molecule has 3 rings (SSSR count). The summed E-state index contributed by atoms with van der Waals surface area (Å²) in [5.74, 6) is -0.142. The molecule has 2 aromatic heterocycles. The Morgan fingerprint density at radius 2 is 2.25 bits per heavy atom. The molecule has 1 amide bonds. The van der Waals surface area contributed by atoms with Crippen molar-refractivity contribution < 1.29 is 4.79 Å². The molecule has 1 aliphatic rings. The number of rotatable bonds is 2. The number of aryl methyl sites for hydroxylation is 2. The molecule has 0 radical (unpaired) electrons. The fourth-order valence-corrected chi connectivity index (χ4v) is 2.26. The Morgan fingerprint density at radius 1 is 1.40 bits per heavy atom. The van der Waals surface area contributed by atoms with Crippen LogP contribution in [0.2, 0.25) is 0 Å². The van der Waals surface area contributed by atoms with Crippen LogP contribution >= 0.6 is 0 Å². The number of hydrogen-bond acceptors (Lipinski definition) is 4. The van der Waals surface area contributed by atoms with E-state index in [2.05, 4.69) is 20.4 Å². The number of pyridine rings is 1. The molecule has 0 saturated heterocycles. The van der Waals surface area contributed by atoms with Gasteiger partial charge in [0.15, 0.2) is 5.69 Å². The first kappa shape index (κ1) is 12.5. The average molecular weight is 269 g/mol. The maximum absolute atomic E-state index is 12.2. The van der Waals surface area contributed by atoms with Gasteiger partial charge in [0.25, 0.3) is 5.91 Å². The lowest BCUT2D eigenvalue weighted by molar-refractivity contribution is 0.0950. The lowest BCUT2D eigenvalue weighted by atomic mass is 10.2. The summed E-state index contributed by atoms with van der Waals surface area (Å²) in [5, 5.41) is 7.23. The van der Waals surface area contributed by atoms with Gasteiger partial charge in [-0.3, -0.25) is 14.5 Å². The molecule has 20 heavy (non-hydrogen) atoms. The van der Waals surface area contributed by atoms with E-state index < -0.39 is 0 Å². The second kappa shape index (κ2) is 4.88. The highest BCUT2D eigenvalue weighted by atomic mass is 16.2. The fourth-order valence-electron chi connectivity index (χ4n) is 2.26. The highest BCUT2D eigenvalue weighted by Gasteiger charge is 2.25. The van der Waals surface area contributed by atoms with Gasteiger partial charge in [-0.25, -0.2) is 4.99 Å². The van der Waals surface area contributed by atoms with Crippen LogP contribution < -0.4 is 5.32 Å². The molecule has 6 heteroatoms. The van der Waals surface area contributed by atoms with Crippen molar-refractivity contribution in [1.82, 2.24) is 20.1 Å². The van der Waals surface area contributed by atoms with Crippen LogP contribution in [0, 0.1) is 6.92 Å². The lowest BCUT2D eigenvalue weighted by Gasteiger charge is -2.05. The number of nitrogens with one attached hydrogen (secondary N) is 1. The van der Waals surface area contributed by atoms with E-state index in [1.165, 1.54) is 0 Å². The van der Waals surface area contributed by atoms with Gasteiger partial charge in [0, 0.05) is 12.7 Å². The maximum atomic E-state index is 12.2. The Balaban J connectivity index is 2.15. The third-order valence-corrected chi connectivity index (χ3v) is 3.23. The Bertz CT molecular complexity index is 687. The minimum atomic E-state index is -0.142. The summed E-state index contributed by atoms with van der Waals surface area (Å²) in [6, 6.07) is 5.64. The van der Waals surface area contributed by atoms with Crippen molar-refractivity contribution in [2.75, 3.05) is 6.54 Å². The second-order valence-electron chi connectivity index (χ2n) is 4.55. The van der Waals surface area contributed by atoms with Crippen molar-refractivity contribution in [2.24, 2.45) is 4.99 Å². The van der Waals surface area contributed by atoms with Crippen molar-refractivity contribution in [1.29, 1.82) is 0 Å². The summed E-state index contributed by atoms with van der Waals surface area (Å²) in [6.45, 7) is 4.82. The Hall–Kier alpha value is -2.50. The molecule has 0 aromatic carbocycles. The Morgan fingerprint density at radius 3 is 2.95 bits per heavy atom. The average Bonchev–Trinajstić information content (AvgIpc) is 2.68. The molecule has 6 nitrogen and oxygen atoms in total. The molecule has 0 atom stereocenters. The number of carbonyl (C=O) groups is 1. The SMILES string of the molecule is CCn1nc(C)c2c1C(=O)NCC(c1ccccn1)=N2. The first-order valence-corrected chi connectivity index (χ1v) is 6.55. The zero-order valence-electron chi connectivity index (χ0n) is 11.4. The third-order valence-electron chi connectivity index (χ3n) is 3.23. The predicted molar refractivity (Wildman–Crippen MR) is 75.4 cm³/mol. The van der Waals surface area contributed by atoms with Crippen LogP contribution in [0.1, 0.15) is 28.8 Å². The molecule has 3 heterocycles. The molecule has 1 aliphatic heterocycles. The van der Waals surface area contributed by atoms with Crippen LogP contribution in [0.5, 0.6) is 0 Å². The first-order valence-electron chi connectivity index (χ1n) is 6.55. The van der Waals surface area contributed by atoms with E-state index in [0.29, 0.717) is 24.5 Å². The van der Waals surface area contributed by atoms with Crippen molar-refractivity contribution in [3.8, 4) is 0 Å². The van der Waals surface area contributed by atoms with Crippen LogP contribution in [0.4, 0.5) is 5.69 Å². The topological polar surface area (TPSA) is 72.2 Å². The van der Waals surface area contributed by atoms with E-state index in [0.717, 1.165) is 17.1 Å². The monoisotopic (exact) mass is 269 g/mol. The Kier molecular flexibility index (Phi) is 3.06. The van der Waals surface area contributed by atoms with Crippen LogP contribution in [0.3, 0.4) is 0 Å². The van der Waals surface area contributed by atoms with Crippen molar-refractivity contribution >= 4 is 17.3 Å². The van der Waals surface area contributed by atoms with Crippen LogP contribution in [0.15, 0.2) is 29.4 Å². The zero-order valence-corrected chi connectivity index (χ0v) is 11.4. The minimum absolute atomic E-state index is 0.142. The number of carbonyl (C=O) groups excluding carboxylic acids is 1. The van der Waals surface area contributed by atoms with Crippen molar-refractivity contribution in [3.05, 3.63) is 41.5 Å². The molecular weight excluding hydrogens is 254 g/mol. The number of aliphatic imine (C=N–C) groups is 1. The van der Waals surface area contributed by atoms with E-state index in [1.807, 2.05) is 32.0 Å². The van der Waals surface area contributed by atoms with Gasteiger partial charge in [0.2, 0.25) is 0 Å². The van der Waals surface area contributed by atoms with Crippen LogP contribution in [0.25, 0.3) is 0 Å². The summed E-state index contributed by atoms with van der Waals surface area (Å²) in [6.07, 6.45) is 1.72. The smallest absolute Gasteiger partial charge is 0.272 e. The summed E-state index contributed by atoms with van der Waals surface area (Å²) in [7, 11) is 0. The number of nitrogens with zero attached hydrogens (tertiary/aromatic N) is 4. The fraction of sp³-hybridized carbons (Fsp3) is 0.286. The number of aromatic nitrogens is 3. The largest absolute Gasteiger partial charge is 0.345 e. The van der Waals surface area contributed by atoms with Gasteiger partial charge in [-0.1, -0.05) is 6.07 Å². The van der Waals surface area contributed by atoms with Gasteiger partial charge >= 0.3 is 0 Å². The molecular formula is C14H15N5O. The zero-order chi connectivity index (χ0) is 14.1. The van der Waals surface area contributed by atoms with Crippen molar-refractivity contribution in [3.63, 3.8) is 0 Å². The summed E-state index contributed by atoms with van der Waals surface area (Å²) >= 11 is 0. The molecule has 0 spiro atoms. The number of hydrogen-bond donors (Lipinski definition) is 1. The molecule has 102 valence electrons. The van der Waals surface area contributed by atoms with Gasteiger partial charge in [0.05, 0.1) is 23.6 Å². The van der Waals surface area contributed by atoms with E-state index >= 15 is 0 Å². The molecule has 0 unspecified atom stereocenters. The number of amides is 1. The highest BCUT2D eigenvalue weighted by molar-refractivity contribution is 6.09. The maximum Gasteiger partial charge on any atom is 0.272 e. The molecule has 0 aliphatic carbocycles. The standard InChI is InChI=1S/C14H15N5O/c1-3-19-13-12(9(2)18-19)17-11(8-16-14(13)20)10-6-4-5-7-15-10/h4-7H,3,8H2,1-2H3,(H,16,20). The predicted octanol–water partition coefficient (Wildman–Crippen LogP) is 1.47. The summed E-state index contributed by atoms with van der Waals surface area (Å²) < 4.78 is 1.69. The van der Waals surface area contributed by atoms with E-state index in [-0.39, 0.29) is 5.91 Å². The van der Waals surface area contributed by atoms with E-state index in [1.54, 1.807) is 10.9 Å². The van der Waals surface area contributed by atoms with Gasteiger partial charge < -0.3 is 5.32 Å².